The summed E-state index contributed by atoms with van der Waals surface area (Å²) in [4.78, 5) is 0. The number of rotatable bonds is 7. The molecule has 0 radical (unpaired) electrons. The van der Waals surface area contributed by atoms with E-state index < -0.39 is 5.44 Å². The van der Waals surface area contributed by atoms with E-state index in [2.05, 4.69) is 12.6 Å². The number of ether oxygens (including phenoxy) is 2. The SMILES string of the molecule is OCCOCCOCC(O)S. The van der Waals surface area contributed by atoms with Gasteiger partial charge in [0.2, 0.25) is 0 Å². The molecule has 0 fully saturated rings. The van der Waals surface area contributed by atoms with Gasteiger partial charge in [0, 0.05) is 0 Å². The van der Waals surface area contributed by atoms with Crippen molar-refractivity contribution in [2.75, 3.05) is 33.0 Å². The van der Waals surface area contributed by atoms with Crippen molar-refractivity contribution in [1.82, 2.24) is 0 Å². The number of hydrogen-bond acceptors (Lipinski definition) is 5. The third kappa shape index (κ3) is 10.2. The maximum atomic E-state index is 8.61. The van der Waals surface area contributed by atoms with E-state index in [0.29, 0.717) is 19.8 Å². The Balaban J connectivity index is 2.80. The molecule has 1 unspecified atom stereocenters. The number of aliphatic hydroxyl groups is 2. The highest BCUT2D eigenvalue weighted by molar-refractivity contribution is 7.80. The first kappa shape index (κ1) is 11.2. The summed E-state index contributed by atoms with van der Waals surface area (Å²) in [5, 5.41) is 16.9. The summed E-state index contributed by atoms with van der Waals surface area (Å²) in [6.45, 7) is 1.40. The fourth-order valence-corrected chi connectivity index (χ4v) is 0.579. The second-order valence-corrected chi connectivity index (χ2v) is 2.49. The molecule has 11 heavy (non-hydrogen) atoms. The molecule has 5 heteroatoms. The first-order valence-corrected chi connectivity index (χ1v) is 3.91. The van der Waals surface area contributed by atoms with Crippen molar-refractivity contribution in [3.63, 3.8) is 0 Å². The minimum Gasteiger partial charge on any atom is -0.394 e. The Hall–Kier alpha value is 0.190. The van der Waals surface area contributed by atoms with Gasteiger partial charge in [-0.05, 0) is 0 Å². The Morgan fingerprint density at radius 1 is 1.18 bits per heavy atom. The molecule has 0 saturated heterocycles. The molecule has 0 aromatic carbocycles. The van der Waals surface area contributed by atoms with Crippen LogP contribution in [0.5, 0.6) is 0 Å². The van der Waals surface area contributed by atoms with Crippen molar-refractivity contribution in [2.45, 2.75) is 5.44 Å². The van der Waals surface area contributed by atoms with Gasteiger partial charge in [-0.2, -0.15) is 0 Å². The molecule has 0 spiro atoms. The van der Waals surface area contributed by atoms with E-state index in [9.17, 15) is 0 Å². The quantitative estimate of drug-likeness (QED) is 0.276. The van der Waals surface area contributed by atoms with Gasteiger partial charge < -0.3 is 19.7 Å². The molecule has 0 rings (SSSR count). The second-order valence-electron chi connectivity index (χ2n) is 1.89. The normalized spacial score (nSPS) is 13.4. The zero-order valence-electron chi connectivity index (χ0n) is 6.27. The molecule has 0 aliphatic heterocycles. The topological polar surface area (TPSA) is 58.9 Å². The summed E-state index contributed by atoms with van der Waals surface area (Å²) in [5.41, 5.74) is -0.729. The molecular formula is C6H14O4S. The standard InChI is InChI=1S/C6H14O4S/c7-1-2-9-3-4-10-5-6(8)11/h6-8,11H,1-5H2. The molecule has 2 N–H and O–H groups in total. The maximum absolute atomic E-state index is 8.61. The molecule has 0 aliphatic carbocycles. The van der Waals surface area contributed by atoms with Gasteiger partial charge in [-0.15, -0.1) is 12.6 Å². The Kier molecular flexibility index (Phi) is 8.43. The van der Waals surface area contributed by atoms with Crippen LogP contribution in [0.25, 0.3) is 0 Å². The predicted molar refractivity (Wildman–Crippen MR) is 43.7 cm³/mol. The fourth-order valence-electron chi connectivity index (χ4n) is 0.473. The third-order valence-corrected chi connectivity index (χ3v) is 1.02. The van der Waals surface area contributed by atoms with Crippen LogP contribution in [0.3, 0.4) is 0 Å². The van der Waals surface area contributed by atoms with Crippen molar-refractivity contribution in [3.8, 4) is 0 Å². The van der Waals surface area contributed by atoms with Crippen molar-refractivity contribution in [3.05, 3.63) is 0 Å². The lowest BCUT2D eigenvalue weighted by Gasteiger charge is -2.05. The molecule has 1 atom stereocenters. The molecule has 0 heterocycles. The molecular weight excluding hydrogens is 168 g/mol. The van der Waals surface area contributed by atoms with E-state index in [4.69, 9.17) is 19.7 Å². The Morgan fingerprint density at radius 2 is 1.82 bits per heavy atom. The smallest absolute Gasteiger partial charge is 0.120 e. The average molecular weight is 182 g/mol. The van der Waals surface area contributed by atoms with E-state index >= 15 is 0 Å². The summed E-state index contributed by atoms with van der Waals surface area (Å²) in [6.07, 6.45) is 0. The number of aliphatic hydroxyl groups excluding tert-OH is 2. The molecule has 68 valence electrons. The Bertz CT molecular complexity index is 79.0. The highest BCUT2D eigenvalue weighted by atomic mass is 32.1. The molecule has 0 aliphatic rings. The van der Waals surface area contributed by atoms with Crippen LogP contribution in [0, 0.1) is 0 Å². The predicted octanol–water partition coefficient (Wildman–Crippen LogP) is -0.740. The maximum Gasteiger partial charge on any atom is 0.120 e. The number of hydrogen-bond donors (Lipinski definition) is 3. The first-order valence-electron chi connectivity index (χ1n) is 3.40. The summed E-state index contributed by atoms with van der Waals surface area (Å²) in [6, 6.07) is 0. The van der Waals surface area contributed by atoms with Gasteiger partial charge in [-0.25, -0.2) is 0 Å². The van der Waals surface area contributed by atoms with Gasteiger partial charge in [-0.1, -0.05) is 0 Å². The molecule has 0 amide bonds. The van der Waals surface area contributed by atoms with Gasteiger partial charge in [0.05, 0.1) is 33.0 Å². The lowest BCUT2D eigenvalue weighted by molar-refractivity contribution is 0.0170. The van der Waals surface area contributed by atoms with Gasteiger partial charge in [0.25, 0.3) is 0 Å². The summed E-state index contributed by atoms with van der Waals surface area (Å²) in [7, 11) is 0. The largest absolute Gasteiger partial charge is 0.394 e. The van der Waals surface area contributed by atoms with E-state index in [1.54, 1.807) is 0 Å². The minimum absolute atomic E-state index is 0.0230. The van der Waals surface area contributed by atoms with Crippen LogP contribution in [0.15, 0.2) is 0 Å². The van der Waals surface area contributed by atoms with Crippen LogP contribution in [-0.2, 0) is 9.47 Å². The lowest BCUT2D eigenvalue weighted by Crippen LogP contribution is -2.12. The van der Waals surface area contributed by atoms with Crippen LogP contribution >= 0.6 is 12.6 Å². The zero-order chi connectivity index (χ0) is 8.53. The highest BCUT2D eigenvalue weighted by Crippen LogP contribution is 1.88. The monoisotopic (exact) mass is 182 g/mol. The number of thiol groups is 1. The van der Waals surface area contributed by atoms with Gasteiger partial charge in [0.1, 0.15) is 5.44 Å². The Morgan fingerprint density at radius 3 is 2.36 bits per heavy atom. The van der Waals surface area contributed by atoms with Crippen molar-refractivity contribution >= 4 is 12.6 Å². The molecule has 0 bridgehead atoms. The van der Waals surface area contributed by atoms with E-state index in [1.165, 1.54) is 0 Å². The molecule has 4 nitrogen and oxygen atoms in total. The van der Waals surface area contributed by atoms with Crippen LogP contribution < -0.4 is 0 Å². The van der Waals surface area contributed by atoms with Gasteiger partial charge in [-0.3, -0.25) is 0 Å². The third-order valence-electron chi connectivity index (χ3n) is 0.875. The molecule has 0 aromatic rings. The first-order chi connectivity index (χ1) is 5.27. The molecule has 0 saturated carbocycles. The van der Waals surface area contributed by atoms with Crippen LogP contribution in [0.1, 0.15) is 0 Å². The summed E-state index contributed by atoms with van der Waals surface area (Å²) in [5.74, 6) is 0. The second kappa shape index (κ2) is 8.29. The van der Waals surface area contributed by atoms with Crippen molar-refractivity contribution in [2.24, 2.45) is 0 Å². The van der Waals surface area contributed by atoms with Gasteiger partial charge >= 0.3 is 0 Å². The van der Waals surface area contributed by atoms with Gasteiger partial charge in [0.15, 0.2) is 0 Å². The van der Waals surface area contributed by atoms with E-state index in [1.807, 2.05) is 0 Å². The minimum atomic E-state index is -0.729. The van der Waals surface area contributed by atoms with Crippen molar-refractivity contribution in [1.29, 1.82) is 0 Å². The van der Waals surface area contributed by atoms with Crippen LogP contribution in [0.4, 0.5) is 0 Å². The summed E-state index contributed by atoms with van der Waals surface area (Å²) >= 11 is 3.69. The highest BCUT2D eigenvalue weighted by Gasteiger charge is 1.94. The van der Waals surface area contributed by atoms with Crippen LogP contribution in [-0.4, -0.2) is 48.7 Å². The Labute approximate surface area is 71.5 Å². The lowest BCUT2D eigenvalue weighted by atomic mass is 10.7. The van der Waals surface area contributed by atoms with E-state index in [0.717, 1.165) is 0 Å². The van der Waals surface area contributed by atoms with Crippen molar-refractivity contribution < 1.29 is 19.7 Å². The molecule has 0 aromatic heterocycles. The van der Waals surface area contributed by atoms with E-state index in [-0.39, 0.29) is 13.2 Å². The fraction of sp³-hybridized carbons (Fsp3) is 1.00. The summed E-state index contributed by atoms with van der Waals surface area (Å²) < 4.78 is 9.79. The van der Waals surface area contributed by atoms with Crippen LogP contribution in [0.2, 0.25) is 0 Å². The zero-order valence-corrected chi connectivity index (χ0v) is 7.17. The average Bonchev–Trinajstić information content (AvgIpc) is 1.96.